The summed E-state index contributed by atoms with van der Waals surface area (Å²) in [6.45, 7) is 15.5. The number of epoxide rings is 1. The van der Waals surface area contributed by atoms with Gasteiger partial charge in [-0.15, -0.1) is 0 Å². The lowest BCUT2D eigenvalue weighted by molar-refractivity contribution is -0.187. The molecule has 0 aliphatic carbocycles. The number of nitrogens with zero attached hydrogens (tertiary/aromatic N) is 1. The van der Waals surface area contributed by atoms with Crippen molar-refractivity contribution in [1.29, 1.82) is 0 Å². The standard InChI is InChI=1S/C29H48N2O7/c1-20(9-12-23-15-29(19-36-29)18-28(6,7)38-23)10-14-25-34-16-22(17-35-25)30-24(32)13-11-21(2)37-26(33)31(8)27(3,4)5/h10-11,13,21-23,25H,9,12,14-19H2,1-8H3,(H,30,32). The van der Waals surface area contributed by atoms with Crippen molar-refractivity contribution >= 4 is 12.0 Å². The lowest BCUT2D eigenvalue weighted by atomic mass is 9.84. The zero-order valence-electron chi connectivity index (χ0n) is 24.5. The van der Waals surface area contributed by atoms with Gasteiger partial charge in [-0.1, -0.05) is 11.6 Å². The first-order valence-corrected chi connectivity index (χ1v) is 13.8. The van der Waals surface area contributed by atoms with Crippen LogP contribution >= 0.6 is 0 Å². The van der Waals surface area contributed by atoms with E-state index in [4.69, 9.17) is 23.7 Å². The molecular weight excluding hydrogens is 488 g/mol. The van der Waals surface area contributed by atoms with Crippen LogP contribution in [0.15, 0.2) is 23.8 Å². The van der Waals surface area contributed by atoms with Crippen molar-refractivity contribution < 1.29 is 33.3 Å². The fraction of sp³-hybridized carbons (Fsp3) is 0.793. The van der Waals surface area contributed by atoms with Crippen LogP contribution in [-0.4, -0.2) is 85.0 Å². The Morgan fingerprint density at radius 3 is 2.47 bits per heavy atom. The maximum Gasteiger partial charge on any atom is 0.410 e. The van der Waals surface area contributed by atoms with Gasteiger partial charge in [0.05, 0.1) is 43.2 Å². The van der Waals surface area contributed by atoms with Crippen molar-refractivity contribution in [3.8, 4) is 0 Å². The largest absolute Gasteiger partial charge is 0.442 e. The molecule has 3 atom stereocenters. The summed E-state index contributed by atoms with van der Waals surface area (Å²) in [6, 6.07) is -0.234. The second-order valence-electron chi connectivity index (χ2n) is 12.7. The van der Waals surface area contributed by atoms with Gasteiger partial charge in [-0.25, -0.2) is 4.79 Å². The predicted molar refractivity (Wildman–Crippen MR) is 145 cm³/mol. The highest BCUT2D eigenvalue weighted by atomic mass is 16.7. The summed E-state index contributed by atoms with van der Waals surface area (Å²) in [5, 5.41) is 2.87. The first-order valence-electron chi connectivity index (χ1n) is 13.8. The first kappa shape index (κ1) is 30.6. The third-order valence-corrected chi connectivity index (χ3v) is 7.30. The third-order valence-electron chi connectivity index (χ3n) is 7.30. The number of hydrogen-bond acceptors (Lipinski definition) is 7. The number of amides is 2. The van der Waals surface area contributed by atoms with E-state index in [0.29, 0.717) is 19.6 Å². The van der Waals surface area contributed by atoms with Gasteiger partial charge in [0.25, 0.3) is 0 Å². The molecule has 0 saturated carbocycles. The maximum atomic E-state index is 12.3. The summed E-state index contributed by atoms with van der Waals surface area (Å²) in [4.78, 5) is 26.0. The minimum absolute atomic E-state index is 0.0593. The smallest absolute Gasteiger partial charge is 0.410 e. The molecule has 3 saturated heterocycles. The van der Waals surface area contributed by atoms with Crippen molar-refractivity contribution in [2.45, 2.75) is 122 Å². The minimum atomic E-state index is -0.532. The summed E-state index contributed by atoms with van der Waals surface area (Å²) in [7, 11) is 1.68. The number of carbonyl (C=O) groups is 2. The lowest BCUT2D eigenvalue weighted by Crippen LogP contribution is -2.46. The molecule has 38 heavy (non-hydrogen) atoms. The van der Waals surface area contributed by atoms with Crippen molar-refractivity contribution in [2.75, 3.05) is 26.9 Å². The van der Waals surface area contributed by atoms with Crippen LogP contribution in [0.3, 0.4) is 0 Å². The van der Waals surface area contributed by atoms with E-state index >= 15 is 0 Å². The quantitative estimate of drug-likeness (QED) is 0.263. The molecule has 9 nitrogen and oxygen atoms in total. The van der Waals surface area contributed by atoms with Gasteiger partial charge in [0.1, 0.15) is 6.10 Å². The van der Waals surface area contributed by atoms with Gasteiger partial charge < -0.3 is 33.9 Å². The second-order valence-corrected chi connectivity index (χ2v) is 12.7. The molecule has 1 spiro atoms. The van der Waals surface area contributed by atoms with E-state index in [-0.39, 0.29) is 41.1 Å². The summed E-state index contributed by atoms with van der Waals surface area (Å²) in [5.74, 6) is -0.282. The number of rotatable bonds is 9. The highest BCUT2D eigenvalue weighted by Gasteiger charge is 2.53. The maximum absolute atomic E-state index is 12.3. The zero-order valence-corrected chi connectivity index (χ0v) is 24.5. The topological polar surface area (TPSA) is 98.9 Å². The monoisotopic (exact) mass is 536 g/mol. The molecule has 3 aliphatic rings. The highest BCUT2D eigenvalue weighted by molar-refractivity contribution is 5.87. The van der Waals surface area contributed by atoms with E-state index in [9.17, 15) is 9.59 Å². The van der Waals surface area contributed by atoms with Crippen molar-refractivity contribution in [2.24, 2.45) is 0 Å². The van der Waals surface area contributed by atoms with Crippen LogP contribution in [0.4, 0.5) is 4.79 Å². The molecule has 1 N–H and O–H groups in total. The molecule has 0 bridgehead atoms. The van der Waals surface area contributed by atoms with E-state index in [1.165, 1.54) is 16.5 Å². The Labute approximate surface area is 228 Å². The van der Waals surface area contributed by atoms with E-state index < -0.39 is 12.2 Å². The fourth-order valence-electron chi connectivity index (χ4n) is 4.85. The van der Waals surface area contributed by atoms with Crippen LogP contribution in [0, 0.1) is 0 Å². The van der Waals surface area contributed by atoms with E-state index in [0.717, 1.165) is 32.3 Å². The Morgan fingerprint density at radius 1 is 1.21 bits per heavy atom. The molecule has 3 rings (SSSR count). The summed E-state index contributed by atoms with van der Waals surface area (Å²) >= 11 is 0. The normalized spacial score (nSPS) is 30.2. The van der Waals surface area contributed by atoms with Crippen LogP contribution in [0.5, 0.6) is 0 Å². The van der Waals surface area contributed by atoms with E-state index in [2.05, 4.69) is 32.2 Å². The van der Waals surface area contributed by atoms with Gasteiger partial charge in [-0.3, -0.25) is 4.79 Å². The first-order chi connectivity index (χ1) is 17.7. The molecule has 9 heteroatoms. The van der Waals surface area contributed by atoms with Crippen molar-refractivity contribution in [3.63, 3.8) is 0 Å². The Balaban J connectivity index is 1.31. The zero-order chi connectivity index (χ0) is 28.1. The summed E-state index contributed by atoms with van der Waals surface area (Å²) in [5.41, 5.74) is 0.876. The van der Waals surface area contributed by atoms with Gasteiger partial charge in [0, 0.05) is 37.9 Å². The van der Waals surface area contributed by atoms with Crippen LogP contribution in [0.1, 0.15) is 80.6 Å². The Morgan fingerprint density at radius 2 is 1.87 bits per heavy atom. The van der Waals surface area contributed by atoms with Crippen LogP contribution in [-0.2, 0) is 28.5 Å². The molecule has 2 amide bonds. The average Bonchev–Trinajstić information content (AvgIpc) is 3.56. The van der Waals surface area contributed by atoms with Crippen LogP contribution < -0.4 is 5.32 Å². The number of ether oxygens (including phenoxy) is 5. The Bertz CT molecular complexity index is 874. The lowest BCUT2D eigenvalue weighted by Gasteiger charge is -2.39. The van der Waals surface area contributed by atoms with Crippen molar-refractivity contribution in [1.82, 2.24) is 10.2 Å². The van der Waals surface area contributed by atoms with Gasteiger partial charge in [-0.2, -0.15) is 0 Å². The number of hydrogen-bond donors (Lipinski definition) is 1. The average molecular weight is 537 g/mol. The molecular formula is C29H48N2O7. The third kappa shape index (κ3) is 9.67. The van der Waals surface area contributed by atoms with Gasteiger partial charge in [0.2, 0.25) is 5.91 Å². The van der Waals surface area contributed by atoms with E-state index in [1.54, 1.807) is 20.0 Å². The molecule has 3 unspecified atom stereocenters. The molecule has 3 aliphatic heterocycles. The number of allylic oxidation sites excluding steroid dienone is 1. The van der Waals surface area contributed by atoms with Crippen LogP contribution in [0.25, 0.3) is 0 Å². The van der Waals surface area contributed by atoms with Crippen LogP contribution in [0.2, 0.25) is 0 Å². The summed E-state index contributed by atoms with van der Waals surface area (Å²) < 4.78 is 29.0. The molecule has 0 aromatic rings. The summed E-state index contributed by atoms with van der Waals surface area (Å²) in [6.07, 6.45) is 8.62. The number of nitrogens with one attached hydrogen (secondary N) is 1. The molecule has 3 heterocycles. The number of carbonyl (C=O) groups excluding carboxylic acids is 2. The van der Waals surface area contributed by atoms with Crippen molar-refractivity contribution in [3.05, 3.63) is 23.8 Å². The molecule has 216 valence electrons. The predicted octanol–water partition coefficient (Wildman–Crippen LogP) is 4.50. The Hall–Kier alpha value is -1.94. The highest BCUT2D eigenvalue weighted by Crippen LogP contribution is 2.46. The molecule has 3 fully saturated rings. The Kier molecular flexibility index (Phi) is 10.1. The molecule has 0 aromatic carbocycles. The van der Waals surface area contributed by atoms with Gasteiger partial charge >= 0.3 is 6.09 Å². The fourth-order valence-corrected chi connectivity index (χ4v) is 4.85. The SMILES string of the molecule is CC(=CCC1OCC(NC(=O)C=CC(C)OC(=O)N(C)C(C)(C)C)CO1)CCC1CC2(CO2)CC(C)(C)O1. The molecule has 0 aromatic heterocycles. The minimum Gasteiger partial charge on any atom is -0.442 e. The van der Waals surface area contributed by atoms with Gasteiger partial charge in [-0.05, 0) is 67.4 Å². The second kappa shape index (κ2) is 12.5. The molecule has 0 radical (unpaired) electrons. The van der Waals surface area contributed by atoms with E-state index in [1.807, 2.05) is 20.8 Å². The van der Waals surface area contributed by atoms with Gasteiger partial charge in [0.15, 0.2) is 6.29 Å².